The van der Waals surface area contributed by atoms with Crippen molar-refractivity contribution in [3.8, 4) is 0 Å². The summed E-state index contributed by atoms with van der Waals surface area (Å²) in [5.74, 6) is -1.36. The van der Waals surface area contributed by atoms with Gasteiger partial charge in [-0.2, -0.15) is 0 Å². The quantitative estimate of drug-likeness (QED) is 0.691. The lowest BCUT2D eigenvalue weighted by Crippen LogP contribution is -2.48. The maximum absolute atomic E-state index is 12.0. The van der Waals surface area contributed by atoms with Gasteiger partial charge < -0.3 is 20.9 Å². The maximum Gasteiger partial charge on any atom is 0.337 e. The Labute approximate surface area is 157 Å². The third-order valence-electron chi connectivity index (χ3n) is 3.33. The standard InChI is InChI=1S/C14H18ClN3O4.2ClH/c15-12-2-1-9(5-11(12)14(20)21)17-13(19)8-18-3-4-22-10(6-16)7-18;;/h1-2,5,10H,3-4,6-8,16H2,(H,17,19)(H,20,21);2*1H. The fourth-order valence-corrected chi connectivity index (χ4v) is 2.44. The number of rotatable bonds is 5. The highest BCUT2D eigenvalue weighted by atomic mass is 35.5. The Bertz CT molecular complexity index is 574. The number of halogens is 3. The third-order valence-corrected chi connectivity index (χ3v) is 3.66. The minimum atomic E-state index is -1.14. The molecule has 0 saturated carbocycles. The predicted octanol–water partition coefficient (Wildman–Crippen LogP) is 1.48. The second-order valence-corrected chi connectivity index (χ2v) is 5.42. The number of nitrogens with zero attached hydrogens (tertiary/aromatic N) is 1. The van der Waals surface area contributed by atoms with E-state index in [1.165, 1.54) is 12.1 Å². The monoisotopic (exact) mass is 399 g/mol. The van der Waals surface area contributed by atoms with E-state index in [9.17, 15) is 9.59 Å². The van der Waals surface area contributed by atoms with Gasteiger partial charge in [-0.1, -0.05) is 11.6 Å². The Hall–Kier alpha value is -1.09. The molecule has 0 aromatic heterocycles. The zero-order valence-electron chi connectivity index (χ0n) is 12.7. The van der Waals surface area contributed by atoms with E-state index in [0.29, 0.717) is 31.9 Å². The van der Waals surface area contributed by atoms with Gasteiger partial charge in [0.05, 0.1) is 29.8 Å². The molecule has 7 nitrogen and oxygen atoms in total. The molecule has 0 radical (unpaired) electrons. The Morgan fingerprint density at radius 3 is 2.75 bits per heavy atom. The molecule has 1 aromatic rings. The highest BCUT2D eigenvalue weighted by Gasteiger charge is 2.21. The second kappa shape index (κ2) is 10.7. The van der Waals surface area contributed by atoms with E-state index >= 15 is 0 Å². The van der Waals surface area contributed by atoms with Crippen LogP contribution >= 0.6 is 36.4 Å². The average Bonchev–Trinajstić information content (AvgIpc) is 2.49. The Balaban J connectivity index is 0.00000264. The first-order chi connectivity index (χ1) is 10.5. The molecular formula is C14H20Cl3N3O4. The zero-order chi connectivity index (χ0) is 16.1. The number of anilines is 1. The molecule has 2 rings (SSSR count). The van der Waals surface area contributed by atoms with Crippen molar-refractivity contribution in [3.05, 3.63) is 28.8 Å². The van der Waals surface area contributed by atoms with Crippen LogP contribution in [0.15, 0.2) is 18.2 Å². The molecule has 4 N–H and O–H groups in total. The van der Waals surface area contributed by atoms with Crippen molar-refractivity contribution >= 4 is 54.0 Å². The number of nitrogens with one attached hydrogen (secondary N) is 1. The van der Waals surface area contributed by atoms with E-state index in [0.717, 1.165) is 0 Å². The number of carboxylic acids is 1. The van der Waals surface area contributed by atoms with Crippen LogP contribution in [0.1, 0.15) is 10.4 Å². The molecule has 1 atom stereocenters. The number of nitrogens with two attached hydrogens (primary N) is 1. The first-order valence-corrected chi connectivity index (χ1v) is 7.24. The molecule has 10 heteroatoms. The molecule has 0 aliphatic carbocycles. The van der Waals surface area contributed by atoms with Gasteiger partial charge in [0.15, 0.2) is 0 Å². The summed E-state index contributed by atoms with van der Waals surface area (Å²) in [6, 6.07) is 4.35. The molecule has 1 heterocycles. The molecule has 136 valence electrons. The highest BCUT2D eigenvalue weighted by molar-refractivity contribution is 6.33. The summed E-state index contributed by atoms with van der Waals surface area (Å²) in [6.07, 6.45) is -0.0595. The molecule has 1 aliphatic heterocycles. The molecule has 0 spiro atoms. The molecule has 1 aliphatic rings. The summed E-state index contributed by atoms with van der Waals surface area (Å²) in [5.41, 5.74) is 5.91. The number of hydrogen-bond donors (Lipinski definition) is 3. The van der Waals surface area contributed by atoms with E-state index in [2.05, 4.69) is 5.32 Å². The number of carbonyl (C=O) groups excluding carboxylic acids is 1. The van der Waals surface area contributed by atoms with Crippen molar-refractivity contribution in [1.29, 1.82) is 0 Å². The molecule has 1 amide bonds. The van der Waals surface area contributed by atoms with Gasteiger partial charge in [-0.25, -0.2) is 4.79 Å². The number of carboxylic acid groups (broad SMARTS) is 1. The number of benzene rings is 1. The molecular weight excluding hydrogens is 381 g/mol. The SMILES string of the molecule is Cl.Cl.NCC1CN(CC(=O)Nc2ccc(Cl)c(C(=O)O)c2)CCO1. The van der Waals surface area contributed by atoms with Gasteiger partial charge in [0.25, 0.3) is 0 Å². The van der Waals surface area contributed by atoms with Crippen LogP contribution in [-0.2, 0) is 9.53 Å². The lowest BCUT2D eigenvalue weighted by atomic mass is 10.2. The van der Waals surface area contributed by atoms with Gasteiger partial charge in [0.2, 0.25) is 5.91 Å². The normalized spacial score (nSPS) is 17.3. The van der Waals surface area contributed by atoms with Crippen LogP contribution in [0.2, 0.25) is 5.02 Å². The van der Waals surface area contributed by atoms with Crippen molar-refractivity contribution in [1.82, 2.24) is 4.90 Å². The number of morpholine rings is 1. The first-order valence-electron chi connectivity index (χ1n) is 6.86. The fraction of sp³-hybridized carbons (Fsp3) is 0.429. The van der Waals surface area contributed by atoms with Gasteiger partial charge in [-0.05, 0) is 18.2 Å². The lowest BCUT2D eigenvalue weighted by Gasteiger charge is -2.31. The zero-order valence-corrected chi connectivity index (χ0v) is 15.1. The molecule has 0 bridgehead atoms. The lowest BCUT2D eigenvalue weighted by molar-refractivity contribution is -0.119. The number of hydrogen-bond acceptors (Lipinski definition) is 5. The molecule has 1 saturated heterocycles. The van der Waals surface area contributed by atoms with Gasteiger partial charge in [-0.3, -0.25) is 9.69 Å². The van der Waals surface area contributed by atoms with Crippen molar-refractivity contribution in [3.63, 3.8) is 0 Å². The van der Waals surface area contributed by atoms with Crippen LogP contribution in [0.25, 0.3) is 0 Å². The summed E-state index contributed by atoms with van der Waals surface area (Å²) in [4.78, 5) is 25.0. The molecule has 1 unspecified atom stereocenters. The minimum Gasteiger partial charge on any atom is -0.478 e. The van der Waals surface area contributed by atoms with Gasteiger partial charge >= 0.3 is 5.97 Å². The van der Waals surface area contributed by atoms with Gasteiger partial charge in [0.1, 0.15) is 0 Å². The van der Waals surface area contributed by atoms with E-state index < -0.39 is 5.97 Å². The van der Waals surface area contributed by atoms with Crippen molar-refractivity contribution in [2.45, 2.75) is 6.10 Å². The third kappa shape index (κ3) is 6.43. The summed E-state index contributed by atoms with van der Waals surface area (Å²) < 4.78 is 5.43. The smallest absolute Gasteiger partial charge is 0.337 e. The topological polar surface area (TPSA) is 105 Å². The number of carbonyl (C=O) groups is 2. The summed E-state index contributed by atoms with van der Waals surface area (Å²) in [5, 5.41) is 11.8. The highest BCUT2D eigenvalue weighted by Crippen LogP contribution is 2.20. The van der Waals surface area contributed by atoms with Crippen LogP contribution < -0.4 is 11.1 Å². The number of amides is 1. The summed E-state index contributed by atoms with van der Waals surface area (Å²) >= 11 is 5.79. The molecule has 24 heavy (non-hydrogen) atoms. The van der Waals surface area contributed by atoms with Gasteiger partial charge in [-0.15, -0.1) is 24.8 Å². The van der Waals surface area contributed by atoms with E-state index in [-0.39, 0.29) is 54.0 Å². The van der Waals surface area contributed by atoms with E-state index in [1.807, 2.05) is 4.90 Å². The summed E-state index contributed by atoms with van der Waals surface area (Å²) in [7, 11) is 0. The minimum absolute atomic E-state index is 0. The van der Waals surface area contributed by atoms with E-state index in [4.69, 9.17) is 27.2 Å². The Kier molecular flexibility index (Phi) is 10.2. The van der Waals surface area contributed by atoms with Gasteiger partial charge in [0, 0.05) is 25.3 Å². The van der Waals surface area contributed by atoms with Crippen LogP contribution in [0, 0.1) is 0 Å². The van der Waals surface area contributed by atoms with Crippen LogP contribution in [0.4, 0.5) is 5.69 Å². The molecule has 1 fully saturated rings. The van der Waals surface area contributed by atoms with Crippen molar-refractivity contribution < 1.29 is 19.4 Å². The predicted molar refractivity (Wildman–Crippen MR) is 96.8 cm³/mol. The molecule has 1 aromatic carbocycles. The van der Waals surface area contributed by atoms with E-state index in [1.54, 1.807) is 6.07 Å². The van der Waals surface area contributed by atoms with Crippen molar-refractivity contribution in [2.75, 3.05) is 38.1 Å². The second-order valence-electron chi connectivity index (χ2n) is 5.01. The average molecular weight is 401 g/mol. The maximum atomic E-state index is 12.0. The summed E-state index contributed by atoms with van der Waals surface area (Å²) in [6.45, 7) is 2.41. The first kappa shape index (κ1) is 22.9. The fourth-order valence-electron chi connectivity index (χ4n) is 2.24. The Morgan fingerprint density at radius 1 is 1.42 bits per heavy atom. The van der Waals surface area contributed by atoms with Crippen molar-refractivity contribution in [2.24, 2.45) is 5.73 Å². The van der Waals surface area contributed by atoms with Crippen LogP contribution in [0.3, 0.4) is 0 Å². The number of ether oxygens (including phenoxy) is 1. The number of aromatic carboxylic acids is 1. The van der Waals surface area contributed by atoms with Crippen LogP contribution in [-0.4, -0.2) is 60.8 Å². The Morgan fingerprint density at radius 2 is 2.12 bits per heavy atom. The van der Waals surface area contributed by atoms with Crippen LogP contribution in [0.5, 0.6) is 0 Å². The largest absolute Gasteiger partial charge is 0.478 e.